The van der Waals surface area contributed by atoms with Crippen LogP contribution in [0.2, 0.25) is 0 Å². The van der Waals surface area contributed by atoms with E-state index in [2.05, 4.69) is 27.7 Å². The van der Waals surface area contributed by atoms with E-state index in [1.807, 2.05) is 172 Å². The van der Waals surface area contributed by atoms with Crippen molar-refractivity contribution in [1.82, 2.24) is 59.1 Å². The minimum atomic E-state index is -0.586. The molecule has 13 aromatic rings. The van der Waals surface area contributed by atoms with Crippen LogP contribution in [0.3, 0.4) is 0 Å². The molecule has 5 aromatic carbocycles. The molecule has 8 aromatic heterocycles. The number of halogens is 4. The maximum absolute atomic E-state index is 13.9. The van der Waals surface area contributed by atoms with Crippen LogP contribution in [-0.2, 0) is 40.8 Å². The molecule has 6 aliphatic carbocycles. The predicted molar refractivity (Wildman–Crippen MR) is 560 cm³/mol. The minimum absolute atomic E-state index is 0.0130. The van der Waals surface area contributed by atoms with Crippen LogP contribution in [-0.4, -0.2) is 207 Å². The van der Waals surface area contributed by atoms with Gasteiger partial charge in [0.25, 0.3) is 23.6 Å². The summed E-state index contributed by atoms with van der Waals surface area (Å²) >= 11 is 0. The first-order chi connectivity index (χ1) is 70.2. The summed E-state index contributed by atoms with van der Waals surface area (Å²) in [4.78, 5) is 141. The Morgan fingerprint density at radius 1 is 0.338 bits per heavy atom. The van der Waals surface area contributed by atoms with E-state index in [0.717, 1.165) is 163 Å². The first-order valence-corrected chi connectivity index (χ1v) is 52.5. The molecular formula is C120H132F4N12O12. The molecule has 0 bridgehead atoms. The third-order valence-electron chi connectivity index (χ3n) is 33.1. The lowest BCUT2D eigenvalue weighted by atomic mass is 9.83. The van der Waals surface area contributed by atoms with E-state index in [-0.39, 0.29) is 138 Å². The summed E-state index contributed by atoms with van der Waals surface area (Å²) in [5.41, 5.74) is 14.1. The number of nitrogens with zero attached hydrogens (tertiary/aromatic N) is 12. The molecule has 4 aliphatic heterocycles. The molecule has 0 unspecified atom stereocenters. The fraction of sp³-hybridized carbons (Fsp3) is 0.450. The summed E-state index contributed by atoms with van der Waals surface area (Å²) < 4.78 is 79.0. The van der Waals surface area contributed by atoms with Gasteiger partial charge in [0.1, 0.15) is 45.3 Å². The van der Waals surface area contributed by atoms with E-state index >= 15 is 0 Å². The number of hydrogen-bond donors (Lipinski definition) is 0. The van der Waals surface area contributed by atoms with E-state index in [1.165, 1.54) is 48.5 Å². The van der Waals surface area contributed by atoms with Crippen LogP contribution < -0.4 is 0 Å². The van der Waals surface area contributed by atoms with Crippen molar-refractivity contribution in [2.24, 2.45) is 17.3 Å². The van der Waals surface area contributed by atoms with Gasteiger partial charge in [-0.25, -0.2) is 37.5 Å². The Labute approximate surface area is 860 Å². The average molecular weight is 2010 g/mol. The SMILES string of the molecule is CC(C)C(=O)N1CCN(C(=O)c2cc3nc(-c4ccc(F)cc4)cc(C4(C)CC4)c3o2)C(C)(C)C1.CC1(C(=O)N2CCN(C(=O)c3cc4nc(-c5ccc(F)cc5)cc(C5(C)CC5)c4o3)C(C)(C)C2)CC1.CC1(c2cc(-c3ccc(F)cc3)nc3cc(C(=O)N4CCN(C(=O)C5CCC5)CC4(C)C)oc23)CC1.CC[C@H](C(=O)N1CCN(C(=O)c2cc3nc(-c4ccc(F)cc4)cc(C4(C)CC4)c3o2)C(C)(C)C1)c1ccccc1. The van der Waals surface area contributed by atoms with Gasteiger partial charge in [-0.15, -0.1) is 0 Å². The number of hydrogen-bond acceptors (Lipinski definition) is 16. The maximum Gasteiger partial charge on any atom is 0.290 e. The molecule has 10 fully saturated rings. The highest BCUT2D eigenvalue weighted by atomic mass is 19.1. The predicted octanol–water partition coefficient (Wildman–Crippen LogP) is 23.4. The Bertz CT molecular complexity index is 7380. The number of benzene rings is 5. The Balaban J connectivity index is 0.000000120. The third-order valence-corrected chi connectivity index (χ3v) is 33.1. The average Bonchev–Trinajstić information content (AvgIpc) is 1.59. The highest BCUT2D eigenvalue weighted by molar-refractivity contribution is 6.01. The molecule has 772 valence electrons. The van der Waals surface area contributed by atoms with Crippen molar-refractivity contribution in [3.8, 4) is 45.0 Å². The molecule has 12 heterocycles. The number of amides is 8. The van der Waals surface area contributed by atoms with Gasteiger partial charge in [0.15, 0.2) is 45.4 Å². The topological polar surface area (TPSA) is 267 Å². The normalized spacial score (nSPS) is 19.8. The van der Waals surface area contributed by atoms with Gasteiger partial charge < -0.3 is 56.9 Å². The monoisotopic (exact) mass is 2010 g/mol. The molecule has 24 nitrogen and oxygen atoms in total. The van der Waals surface area contributed by atoms with E-state index < -0.39 is 22.2 Å². The van der Waals surface area contributed by atoms with Gasteiger partial charge in [0.2, 0.25) is 23.6 Å². The van der Waals surface area contributed by atoms with Crippen molar-refractivity contribution in [2.45, 2.75) is 250 Å². The molecule has 0 spiro atoms. The maximum atomic E-state index is 13.9. The van der Waals surface area contributed by atoms with Crippen molar-refractivity contribution in [1.29, 1.82) is 0 Å². The number of piperazine rings is 4. The number of fused-ring (bicyclic) bond motifs is 4. The van der Waals surface area contributed by atoms with Crippen molar-refractivity contribution in [2.75, 3.05) is 78.5 Å². The van der Waals surface area contributed by atoms with Crippen molar-refractivity contribution in [3.63, 3.8) is 0 Å². The van der Waals surface area contributed by atoms with Gasteiger partial charge in [-0.3, -0.25) is 38.4 Å². The summed E-state index contributed by atoms with van der Waals surface area (Å²) in [6, 6.07) is 50.1. The number of carbonyl (C=O) groups is 8. The first-order valence-electron chi connectivity index (χ1n) is 52.5. The second-order valence-electron chi connectivity index (χ2n) is 47.1. The molecule has 0 N–H and O–H groups in total. The first kappa shape index (κ1) is 102. The molecule has 1 atom stereocenters. The summed E-state index contributed by atoms with van der Waals surface area (Å²) in [6.07, 6.45) is 14.0. The molecule has 4 saturated heterocycles. The van der Waals surface area contributed by atoms with Gasteiger partial charge in [0.05, 0.1) is 50.8 Å². The fourth-order valence-corrected chi connectivity index (χ4v) is 22.1. The zero-order valence-electron chi connectivity index (χ0n) is 87.6. The van der Waals surface area contributed by atoms with E-state index in [0.29, 0.717) is 123 Å². The van der Waals surface area contributed by atoms with E-state index in [9.17, 15) is 55.9 Å². The fourth-order valence-electron chi connectivity index (χ4n) is 22.1. The molecule has 8 amide bonds. The molecule has 6 saturated carbocycles. The number of aromatic nitrogens is 4. The van der Waals surface area contributed by atoms with Gasteiger partial charge in [-0.1, -0.05) is 92.1 Å². The van der Waals surface area contributed by atoms with Crippen LogP contribution in [0.5, 0.6) is 0 Å². The summed E-state index contributed by atoms with van der Waals surface area (Å²) in [5.74, 6) is -0.380. The Morgan fingerprint density at radius 3 is 0.865 bits per heavy atom. The van der Waals surface area contributed by atoms with Crippen molar-refractivity contribution in [3.05, 3.63) is 250 Å². The summed E-state index contributed by atoms with van der Waals surface area (Å²) in [7, 11) is 0. The molecular weight excluding hydrogens is 1880 g/mol. The van der Waals surface area contributed by atoms with Crippen LogP contribution in [0.15, 0.2) is 194 Å². The van der Waals surface area contributed by atoms with Crippen LogP contribution in [0, 0.1) is 40.5 Å². The second kappa shape index (κ2) is 38.2. The van der Waals surface area contributed by atoms with Gasteiger partial charge in [-0.2, -0.15) is 0 Å². The molecule has 10 aliphatic rings. The Kier molecular flexibility index (Phi) is 26.2. The number of carbonyl (C=O) groups excluding carboxylic acids is 8. The highest BCUT2D eigenvalue weighted by Gasteiger charge is 2.53. The number of furan rings is 4. The molecule has 28 heteroatoms. The second-order valence-corrected chi connectivity index (χ2v) is 47.1. The van der Waals surface area contributed by atoms with Gasteiger partial charge >= 0.3 is 0 Å². The minimum Gasteiger partial charge on any atom is -0.449 e. The Morgan fingerprint density at radius 2 is 0.608 bits per heavy atom. The number of pyridine rings is 4. The highest BCUT2D eigenvalue weighted by Crippen LogP contribution is 2.56. The van der Waals surface area contributed by atoms with Gasteiger partial charge in [-0.05, 0) is 287 Å². The lowest BCUT2D eigenvalue weighted by Crippen LogP contribution is -2.62. The lowest BCUT2D eigenvalue weighted by molar-refractivity contribution is -0.142. The third kappa shape index (κ3) is 20.1. The van der Waals surface area contributed by atoms with Crippen molar-refractivity contribution < 1.29 is 73.6 Å². The van der Waals surface area contributed by atoms with Crippen molar-refractivity contribution >= 4 is 91.7 Å². The van der Waals surface area contributed by atoms with Gasteiger partial charge in [0, 0.05) is 165 Å². The summed E-state index contributed by atoms with van der Waals surface area (Å²) in [5, 5.41) is 0. The molecule has 148 heavy (non-hydrogen) atoms. The van der Waals surface area contributed by atoms with Crippen LogP contribution in [0.1, 0.15) is 277 Å². The Hall–Kier alpha value is -13.7. The summed E-state index contributed by atoms with van der Waals surface area (Å²) in [6.45, 7) is 38.4. The largest absolute Gasteiger partial charge is 0.449 e. The zero-order valence-corrected chi connectivity index (χ0v) is 87.6. The van der Waals surface area contributed by atoms with Crippen LogP contribution in [0.4, 0.5) is 17.6 Å². The van der Waals surface area contributed by atoms with Crippen LogP contribution in [0.25, 0.3) is 89.4 Å². The molecule has 0 radical (unpaired) electrons. The van der Waals surface area contributed by atoms with Crippen LogP contribution >= 0.6 is 0 Å². The molecule has 23 rings (SSSR count). The van der Waals surface area contributed by atoms with E-state index in [1.54, 1.807) is 77.7 Å². The van der Waals surface area contributed by atoms with E-state index in [4.69, 9.17) is 37.6 Å². The standard InChI is InChI=1S/C34H36FN3O3.2C29H32FN3O3.C28H32FN3O3/c1-5-25(22-9-7-6-8-10-22)31(39)37-17-18-38(33(2,3)21-37)32(40)29-20-28-30(41-29)26(34(4)15-16-34)19-27(36-28)23-11-13-24(35)14-12-23;1-27(2)17-32(26(35)29(4)11-12-29)13-14-33(27)25(34)23-16-22-24(36-23)20(28(3)9-10-28)15-21(31-22)18-5-7-19(30)8-6-18;1-28(2)17-32(26(34)19-5-4-6-19)13-14-33(28)27(35)24-16-23-25(36-24)21(29(3)11-12-29)15-22(31-23)18-7-9-20(30)10-8-18;1-17(2)25(33)31-12-13-32(27(3,4)16-31)26(34)23-15-22-24(35-23)20(28(5)10-11-28)14-21(30-22)18-6-8-19(29)9-7-18/h6-14,19-20,25H,5,15-18,21H2,1-4H3;5-8,15-16H,9-14,17H2,1-4H3;7-10,15-16,19H,4-6,11-14,17H2,1-3H3;6-9,14-15,17H,10-13,16H2,1-5H3/t25-;;;/m0.../s1. The lowest BCUT2D eigenvalue weighted by Gasteiger charge is -2.48. The smallest absolute Gasteiger partial charge is 0.290 e. The quantitative estimate of drug-likeness (QED) is 0.0723. The zero-order chi connectivity index (χ0) is 105. The number of rotatable bonds is 18.